The predicted molar refractivity (Wildman–Crippen MR) is 254 cm³/mol. The third kappa shape index (κ3) is 6.31. The molecule has 0 saturated heterocycles. The summed E-state index contributed by atoms with van der Waals surface area (Å²) in [6.07, 6.45) is 0. The minimum absolute atomic E-state index is 0.581. The lowest BCUT2D eigenvalue weighted by Gasteiger charge is -2.10. The zero-order valence-electron chi connectivity index (χ0n) is 33.1. The lowest BCUT2D eigenvalue weighted by atomic mass is 9.99. The summed E-state index contributed by atoms with van der Waals surface area (Å²) in [6.45, 7) is 0. The van der Waals surface area contributed by atoms with Gasteiger partial charge in [-0.15, -0.1) is 11.3 Å². The largest absolute Gasteiger partial charge is 0.456 e. The Hall–Kier alpha value is -8.13. The predicted octanol–water partition coefficient (Wildman–Crippen LogP) is 14.6. The number of aromatic nitrogens is 5. The Bertz CT molecular complexity index is 3580. The van der Waals surface area contributed by atoms with Crippen LogP contribution in [0.1, 0.15) is 0 Å². The van der Waals surface area contributed by atoms with E-state index in [9.17, 15) is 0 Å². The van der Waals surface area contributed by atoms with Crippen LogP contribution in [0.2, 0.25) is 0 Å². The fourth-order valence-corrected chi connectivity index (χ4v) is 9.51. The van der Waals surface area contributed by atoms with Gasteiger partial charge in [0.25, 0.3) is 0 Å². The molecule has 0 bridgehead atoms. The zero-order chi connectivity index (χ0) is 41.0. The first-order valence-electron chi connectivity index (χ1n) is 20.5. The summed E-state index contributed by atoms with van der Waals surface area (Å²) in [5, 5.41) is 3.06. The Morgan fingerprint density at radius 1 is 0.339 bits per heavy atom. The van der Waals surface area contributed by atoms with Gasteiger partial charge in [0, 0.05) is 48.7 Å². The molecule has 0 spiro atoms. The molecule has 0 aliphatic heterocycles. The van der Waals surface area contributed by atoms with Crippen molar-refractivity contribution in [1.29, 1.82) is 0 Å². The van der Waals surface area contributed by atoms with Crippen molar-refractivity contribution in [1.82, 2.24) is 24.9 Å². The average Bonchev–Trinajstić information content (AvgIpc) is 3.93. The van der Waals surface area contributed by atoms with Crippen molar-refractivity contribution in [3.63, 3.8) is 0 Å². The van der Waals surface area contributed by atoms with E-state index < -0.39 is 0 Å². The van der Waals surface area contributed by atoms with Gasteiger partial charge in [-0.2, -0.15) is 0 Å². The van der Waals surface area contributed by atoms with E-state index in [1.54, 1.807) is 11.3 Å². The molecule has 0 aliphatic rings. The van der Waals surface area contributed by atoms with Crippen LogP contribution >= 0.6 is 11.3 Å². The number of benzene rings is 8. The lowest BCUT2D eigenvalue weighted by Crippen LogP contribution is -2.00. The van der Waals surface area contributed by atoms with Crippen LogP contribution in [0.3, 0.4) is 0 Å². The van der Waals surface area contributed by atoms with Gasteiger partial charge in [0.15, 0.2) is 23.3 Å². The van der Waals surface area contributed by atoms with E-state index in [0.717, 1.165) is 87.7 Å². The maximum atomic E-state index is 6.50. The summed E-state index contributed by atoms with van der Waals surface area (Å²) < 4.78 is 8.76. The van der Waals surface area contributed by atoms with Crippen LogP contribution in [0.25, 0.3) is 121 Å². The minimum atomic E-state index is 0.581. The fourth-order valence-electron chi connectivity index (χ4n) is 8.35. The molecule has 6 nitrogen and oxygen atoms in total. The van der Waals surface area contributed by atoms with Gasteiger partial charge < -0.3 is 4.42 Å². The second-order valence-electron chi connectivity index (χ2n) is 15.2. The molecule has 0 amide bonds. The Balaban J connectivity index is 0.994. The summed E-state index contributed by atoms with van der Waals surface area (Å²) in [7, 11) is 0. The minimum Gasteiger partial charge on any atom is -0.456 e. The molecule has 62 heavy (non-hydrogen) atoms. The topological polar surface area (TPSA) is 77.6 Å². The van der Waals surface area contributed by atoms with Crippen LogP contribution in [0.5, 0.6) is 0 Å². The van der Waals surface area contributed by atoms with E-state index >= 15 is 0 Å². The Morgan fingerprint density at radius 2 is 0.887 bits per heavy atom. The Kier molecular flexibility index (Phi) is 8.57. The molecule has 7 heteroatoms. The fraction of sp³-hybridized carbons (Fsp3) is 0. The molecule has 0 unspecified atom stereocenters. The van der Waals surface area contributed by atoms with Gasteiger partial charge in [-0.3, -0.25) is 0 Å². The average molecular weight is 812 g/mol. The van der Waals surface area contributed by atoms with Gasteiger partial charge in [-0.05, 0) is 58.7 Å². The quantitative estimate of drug-likeness (QED) is 0.160. The molecule has 0 saturated carbocycles. The molecule has 0 atom stereocenters. The number of hydrogen-bond acceptors (Lipinski definition) is 7. The first kappa shape index (κ1) is 35.8. The molecule has 0 aliphatic carbocycles. The highest BCUT2D eigenvalue weighted by atomic mass is 32.1. The monoisotopic (exact) mass is 811 g/mol. The Morgan fingerprint density at radius 3 is 1.63 bits per heavy atom. The van der Waals surface area contributed by atoms with E-state index in [-0.39, 0.29) is 0 Å². The van der Waals surface area contributed by atoms with Crippen molar-refractivity contribution in [3.8, 4) is 79.1 Å². The highest BCUT2D eigenvalue weighted by Crippen LogP contribution is 2.42. The number of rotatable bonds is 7. The summed E-state index contributed by atoms with van der Waals surface area (Å²) in [4.78, 5) is 25.7. The standard InChI is InChI=1S/C55H33N5OS/c1-4-15-34(16-5-1)37-21-12-23-40(31-37)49-51-50(42-25-10-11-28-47(42)62-51)57-54(56-49)41-24-13-22-38(32-41)39-29-30-45-44(33-39)48-43(26-14-27-46(48)61-45)55-59-52(35-17-6-2-7-18-35)58-53(60-55)36-19-8-3-9-20-36/h1-33H. The second-order valence-corrected chi connectivity index (χ2v) is 16.3. The molecule has 12 rings (SSSR count). The van der Waals surface area contributed by atoms with Crippen LogP contribution in [0.4, 0.5) is 0 Å². The molecule has 4 aromatic heterocycles. The number of hydrogen-bond donors (Lipinski definition) is 0. The third-order valence-electron chi connectivity index (χ3n) is 11.4. The van der Waals surface area contributed by atoms with E-state index in [1.165, 1.54) is 10.3 Å². The van der Waals surface area contributed by atoms with E-state index in [0.29, 0.717) is 23.3 Å². The summed E-state index contributed by atoms with van der Waals surface area (Å²) in [5.74, 6) is 2.48. The number of nitrogens with zero attached hydrogens (tertiary/aromatic N) is 5. The van der Waals surface area contributed by atoms with Crippen molar-refractivity contribution in [2.45, 2.75) is 0 Å². The van der Waals surface area contributed by atoms with Crippen LogP contribution < -0.4 is 0 Å². The SMILES string of the molecule is c1ccc(-c2cccc(-c3nc(-c4cccc(-c5ccc6oc7cccc(-c8nc(-c9ccccc9)nc(-c9ccccc9)n8)c7c6c5)c4)nc4c3sc3ccccc34)c2)cc1. The number of fused-ring (bicyclic) bond motifs is 6. The highest BCUT2D eigenvalue weighted by molar-refractivity contribution is 7.26. The second kappa shape index (κ2) is 14.9. The van der Waals surface area contributed by atoms with Crippen molar-refractivity contribution < 1.29 is 4.42 Å². The van der Waals surface area contributed by atoms with E-state index in [1.807, 2.05) is 78.9 Å². The summed E-state index contributed by atoms with van der Waals surface area (Å²) >= 11 is 1.74. The van der Waals surface area contributed by atoms with Gasteiger partial charge in [0.2, 0.25) is 0 Å². The van der Waals surface area contributed by atoms with Crippen LogP contribution in [0, 0.1) is 0 Å². The number of thiophene rings is 1. The Labute approximate surface area is 360 Å². The van der Waals surface area contributed by atoms with Crippen molar-refractivity contribution in [3.05, 3.63) is 200 Å². The normalized spacial score (nSPS) is 11.5. The van der Waals surface area contributed by atoms with Crippen LogP contribution in [-0.2, 0) is 0 Å². The molecule has 290 valence electrons. The summed E-state index contributed by atoms with van der Waals surface area (Å²) in [5.41, 5.74) is 12.5. The molecule has 0 fully saturated rings. The van der Waals surface area contributed by atoms with Crippen LogP contribution in [0.15, 0.2) is 205 Å². The first-order valence-corrected chi connectivity index (χ1v) is 21.3. The maximum absolute atomic E-state index is 6.50. The first-order chi connectivity index (χ1) is 30.7. The van der Waals surface area contributed by atoms with Gasteiger partial charge >= 0.3 is 0 Å². The van der Waals surface area contributed by atoms with Gasteiger partial charge in [0.05, 0.1) is 15.9 Å². The van der Waals surface area contributed by atoms with E-state index in [2.05, 4.69) is 121 Å². The smallest absolute Gasteiger partial charge is 0.164 e. The molecule has 0 N–H and O–H groups in total. The van der Waals surface area contributed by atoms with Gasteiger partial charge in [0.1, 0.15) is 11.2 Å². The van der Waals surface area contributed by atoms with Gasteiger partial charge in [-0.1, -0.05) is 164 Å². The molecule has 0 radical (unpaired) electrons. The molecular formula is C55H33N5OS. The molecular weight excluding hydrogens is 779 g/mol. The zero-order valence-corrected chi connectivity index (χ0v) is 33.9. The van der Waals surface area contributed by atoms with E-state index in [4.69, 9.17) is 29.3 Å². The lowest BCUT2D eigenvalue weighted by molar-refractivity contribution is 0.669. The third-order valence-corrected chi connectivity index (χ3v) is 12.5. The van der Waals surface area contributed by atoms with Crippen LogP contribution in [-0.4, -0.2) is 24.9 Å². The van der Waals surface area contributed by atoms with Crippen molar-refractivity contribution in [2.75, 3.05) is 0 Å². The maximum Gasteiger partial charge on any atom is 0.164 e. The van der Waals surface area contributed by atoms with Crippen molar-refractivity contribution in [2.24, 2.45) is 0 Å². The van der Waals surface area contributed by atoms with Crippen molar-refractivity contribution >= 4 is 53.6 Å². The summed E-state index contributed by atoms with van der Waals surface area (Å²) in [6, 6.07) is 68.7. The molecule has 4 heterocycles. The van der Waals surface area contributed by atoms with Gasteiger partial charge in [-0.25, -0.2) is 24.9 Å². The molecule has 8 aromatic carbocycles. The number of furan rings is 1. The highest BCUT2D eigenvalue weighted by Gasteiger charge is 2.20. The molecule has 12 aromatic rings.